The molecule has 0 saturated heterocycles. The summed E-state index contributed by atoms with van der Waals surface area (Å²) in [5, 5.41) is 9.72. The van der Waals surface area contributed by atoms with Crippen LogP contribution in [0.3, 0.4) is 0 Å². The number of ketones is 1. The van der Waals surface area contributed by atoms with Crippen molar-refractivity contribution in [3.8, 4) is 0 Å². The highest BCUT2D eigenvalue weighted by Gasteiger charge is 2.62. The molecule has 0 radical (unpaired) electrons. The second kappa shape index (κ2) is 28.0. The van der Waals surface area contributed by atoms with Crippen LogP contribution in [0.25, 0.3) is 0 Å². The number of anilines is 5. The smallest absolute Gasteiger partial charge is 0.384 e. The quantitative estimate of drug-likeness (QED) is 0.0750. The number of nitrogen functional groups attached to an aromatic ring is 1. The summed E-state index contributed by atoms with van der Waals surface area (Å²) in [4.78, 5) is 128. The summed E-state index contributed by atoms with van der Waals surface area (Å²) in [7, 11) is 0. The van der Waals surface area contributed by atoms with Crippen LogP contribution in [0.15, 0.2) is 108 Å². The predicted octanol–water partition coefficient (Wildman–Crippen LogP) is 8.36. The number of aromatic nitrogens is 10. The van der Waals surface area contributed by atoms with Crippen LogP contribution in [0, 0.1) is 0 Å². The minimum atomic E-state index is -4.91. The number of H-pyrrole nitrogens is 1. The number of amides is 4. The van der Waals surface area contributed by atoms with Crippen LogP contribution in [-0.2, 0) is 21.8 Å². The molecule has 0 aromatic carbocycles. The maximum Gasteiger partial charge on any atom is 0.449 e. The summed E-state index contributed by atoms with van der Waals surface area (Å²) < 4.78 is 153. The molecule has 10 N–H and O–H groups in total. The van der Waals surface area contributed by atoms with Gasteiger partial charge in [-0.1, -0.05) is 46.4 Å². The van der Waals surface area contributed by atoms with Crippen molar-refractivity contribution >= 4 is 137 Å². The average molecular weight is 1520 g/mol. The molecule has 3 unspecified atom stereocenters. The van der Waals surface area contributed by atoms with Crippen LogP contribution in [0.2, 0.25) is 20.1 Å². The van der Waals surface area contributed by atoms with Crippen molar-refractivity contribution in [2.24, 2.45) is 5.73 Å². The van der Waals surface area contributed by atoms with Gasteiger partial charge < -0.3 is 43.0 Å². The van der Waals surface area contributed by atoms with Crippen LogP contribution in [0.1, 0.15) is 69.6 Å². The fourth-order valence-electron chi connectivity index (χ4n) is 7.39. The summed E-state index contributed by atoms with van der Waals surface area (Å²) >= 11 is 28.9. The average Bonchev–Trinajstić information content (AvgIpc) is 1.57. The van der Waals surface area contributed by atoms with Gasteiger partial charge in [0.15, 0.2) is 0 Å². The van der Waals surface area contributed by atoms with Gasteiger partial charge in [0.05, 0.1) is 29.0 Å². The molecule has 10 heterocycles. The van der Waals surface area contributed by atoms with Crippen LogP contribution >= 0.6 is 78.3 Å². The van der Waals surface area contributed by atoms with Crippen molar-refractivity contribution in [1.29, 1.82) is 0 Å². The first-order valence-electron chi connectivity index (χ1n) is 24.0. The molecule has 7 aromatic heterocycles. The highest BCUT2D eigenvalue weighted by atomic mass is 79.9. The number of pyridine rings is 4. The Morgan fingerprint density at radius 2 is 0.859 bits per heavy atom. The van der Waals surface area contributed by atoms with E-state index in [9.17, 15) is 95.8 Å². The van der Waals surface area contributed by atoms with Gasteiger partial charge in [-0.2, -0.15) is 52.7 Å². The number of primary amides is 1. The van der Waals surface area contributed by atoms with Crippen molar-refractivity contribution in [3.05, 3.63) is 173 Å². The second-order valence-electron chi connectivity index (χ2n) is 18.4. The number of alkyl halides is 12. The molecule has 92 heavy (non-hydrogen) atoms. The number of rotatable bonds is 5. The number of halogens is 18. The molecule has 3 atom stereocenters. The maximum atomic E-state index is 13.4. The van der Waals surface area contributed by atoms with Gasteiger partial charge in [0.25, 0.3) is 45.9 Å². The third-order valence-electron chi connectivity index (χ3n) is 12.0. The zero-order valence-electron chi connectivity index (χ0n) is 45.7. The number of hydrogen-bond acceptors (Lipinski definition) is 18. The van der Waals surface area contributed by atoms with E-state index in [1.807, 2.05) is 0 Å². The lowest BCUT2D eigenvalue weighted by atomic mass is 10.2. The molecule has 0 spiro atoms. The highest BCUT2D eigenvalue weighted by molar-refractivity contribution is 9.10. The number of carbonyl (C=O) groups is 5. The topological polar surface area (TPSA) is 374 Å². The number of carbonyl (C=O) groups excluding carboxylic acids is 5. The van der Waals surface area contributed by atoms with E-state index < -0.39 is 110 Å². The van der Waals surface area contributed by atoms with Gasteiger partial charge in [0.1, 0.15) is 70.6 Å². The maximum absolute atomic E-state index is 13.4. The molecule has 0 aliphatic carbocycles. The lowest BCUT2D eigenvalue weighted by Gasteiger charge is -2.29. The molecule has 3 aliphatic rings. The molecule has 4 amide bonds. The Labute approximate surface area is 539 Å². The standard InChI is InChI=1S/2C13H9ClF3N5O2.C9H5BrClF3N2O2.C6H4BrClN2O2.C4H5N3.C3H3F3O/c2*1-12(13(15,16)17)21-10(23)9-6(14)4-7(11(24)22(9)12)20-8-2-3-18-5-19-8;1-8(9(12,13)14)15-6(17)5-4(11)2-3(10)7(18)16(5)8;7-2-1-3(8)4(5(9)11)10-6(2)12;5-4-1-2-6-3-7-4;1-2(7)3(4,5)6/h2*2-5H,1H3,(H,21,23)(H,18,19,20);2H,1H3,(H,15,17);1H,(H2,9,11)(H,10,12);1-3H,(H2,5,6,7);1H3. The minimum absolute atomic E-state index is 0.0788. The van der Waals surface area contributed by atoms with E-state index in [2.05, 4.69) is 77.4 Å². The van der Waals surface area contributed by atoms with Gasteiger partial charge in [0, 0.05) is 25.5 Å². The molecule has 0 fully saturated rings. The fraction of sp³-hybridized carbons (Fsp3) is 0.229. The van der Waals surface area contributed by atoms with E-state index in [1.54, 1.807) is 28.2 Å². The Bertz CT molecular complexity index is 4120. The summed E-state index contributed by atoms with van der Waals surface area (Å²) in [5.74, 6) is -4.83. The molecule has 0 saturated carbocycles. The fourth-order valence-corrected chi connectivity index (χ4v) is 9.47. The van der Waals surface area contributed by atoms with E-state index >= 15 is 0 Å². The molecular weight excluding hydrogens is 1490 g/mol. The first-order chi connectivity index (χ1) is 42.2. The molecule has 3 aliphatic heterocycles. The summed E-state index contributed by atoms with van der Waals surface area (Å²) in [5.41, 5.74) is -4.19. The van der Waals surface area contributed by atoms with E-state index in [1.165, 1.54) is 49.6 Å². The number of fused-ring (bicyclic) bond motifs is 3. The molecule has 0 bridgehead atoms. The van der Waals surface area contributed by atoms with E-state index in [4.69, 9.17) is 57.9 Å². The van der Waals surface area contributed by atoms with Crippen LogP contribution < -0.4 is 60.3 Å². The summed E-state index contributed by atoms with van der Waals surface area (Å²) in [6.07, 6.45) is -11.1. The SMILES string of the molecule is CC(=O)C(F)(F)F.CC1(C(F)(F)F)NC(=O)c2c(Cl)cc(Br)c(=O)n21.CC1(C(F)(F)F)NC(=O)c2c(Cl)cc(Nc3ccncn3)c(=O)n21.CC1(C(F)(F)F)NC(=O)c2c(Cl)cc(Nc3ccncn3)c(=O)n21.NC(=O)c1[nH]c(=O)c(Br)cc1Cl.Nc1ccncn1. The van der Waals surface area contributed by atoms with E-state index in [0.29, 0.717) is 47.2 Å². The second-order valence-corrected chi connectivity index (χ2v) is 21.7. The minimum Gasteiger partial charge on any atom is -0.384 e. The zero-order valence-corrected chi connectivity index (χ0v) is 51.9. The number of hydrogen-bond donors (Lipinski definition) is 8. The molecule has 7 aromatic rings. The molecule has 26 nitrogen and oxygen atoms in total. The van der Waals surface area contributed by atoms with Crippen molar-refractivity contribution in [1.82, 2.24) is 64.5 Å². The number of nitrogens with zero attached hydrogens (tertiary/aromatic N) is 9. The van der Waals surface area contributed by atoms with Crippen molar-refractivity contribution < 1.29 is 76.7 Å². The van der Waals surface area contributed by atoms with E-state index in [-0.39, 0.29) is 57.7 Å². The Morgan fingerprint density at radius 3 is 1.14 bits per heavy atom. The zero-order chi connectivity index (χ0) is 69.8. The van der Waals surface area contributed by atoms with Gasteiger partial charge in [-0.15, -0.1) is 0 Å². The van der Waals surface area contributed by atoms with Gasteiger partial charge >= 0.3 is 24.7 Å². The molecule has 10 rings (SSSR count). The lowest BCUT2D eigenvalue weighted by molar-refractivity contribution is -0.213. The Kier molecular flexibility index (Phi) is 22.5. The summed E-state index contributed by atoms with van der Waals surface area (Å²) in [6, 6.07) is 9.05. The van der Waals surface area contributed by atoms with Gasteiger partial charge in [-0.05, 0) is 95.1 Å². The van der Waals surface area contributed by atoms with Crippen molar-refractivity contribution in [2.75, 3.05) is 16.4 Å². The predicted molar refractivity (Wildman–Crippen MR) is 308 cm³/mol. The number of nitrogens with two attached hydrogens (primary N) is 2. The highest BCUT2D eigenvalue weighted by Crippen LogP contribution is 2.42. The van der Waals surface area contributed by atoms with Gasteiger partial charge in [0.2, 0.25) is 22.8 Å². The molecule has 44 heteroatoms. The monoisotopic (exact) mass is 1520 g/mol. The van der Waals surface area contributed by atoms with E-state index in [0.717, 1.165) is 18.2 Å². The van der Waals surface area contributed by atoms with Crippen LogP contribution in [-0.4, -0.2) is 103 Å². The number of Topliss-reactive ketones (excluding diaryl/α,β-unsaturated/α-hetero) is 1. The van der Waals surface area contributed by atoms with Gasteiger partial charge in [-0.3, -0.25) is 56.9 Å². The largest absolute Gasteiger partial charge is 0.449 e. The Morgan fingerprint density at radius 1 is 0.533 bits per heavy atom. The van der Waals surface area contributed by atoms with Crippen molar-refractivity contribution in [3.63, 3.8) is 0 Å². The van der Waals surface area contributed by atoms with Gasteiger partial charge in [-0.25, -0.2) is 29.9 Å². The first kappa shape index (κ1) is 74.0. The Balaban J connectivity index is 0.000000212. The van der Waals surface area contributed by atoms with Crippen molar-refractivity contribution in [2.45, 2.75) is 69.4 Å². The normalized spacial score (nSPS) is 17.6. The van der Waals surface area contributed by atoms with Crippen LogP contribution in [0.4, 0.5) is 81.5 Å². The Hall–Kier alpha value is -8.73. The third-order valence-corrected chi connectivity index (χ3v) is 14.3. The molecular formula is C48H35Br2Cl4F12N17O9. The first-order valence-corrected chi connectivity index (χ1v) is 27.1. The molecule has 492 valence electrons. The van der Waals surface area contributed by atoms with Crippen LogP contribution in [0.5, 0.6) is 0 Å². The number of aromatic amines is 1. The summed E-state index contributed by atoms with van der Waals surface area (Å²) in [6.45, 7) is 2.56. The third kappa shape index (κ3) is 15.9. The lowest BCUT2D eigenvalue weighted by Crippen LogP contribution is -2.55. The number of nitrogens with one attached hydrogen (secondary N) is 6.